The Kier molecular flexibility index (Phi) is 8.03. The number of aromatic nitrogens is 3. The minimum Gasteiger partial charge on any atom is -0.354 e. The molecular formula is C22H30IN7. The van der Waals surface area contributed by atoms with Crippen molar-refractivity contribution < 1.29 is 0 Å². The number of nitrogens with one attached hydrogen (secondary N) is 2. The Morgan fingerprint density at radius 3 is 2.57 bits per heavy atom. The first-order valence-electron chi connectivity index (χ1n) is 10.3. The standard InChI is InChI=1S/C22H29N7.HI/c1-17-8-10-18(11-9-17)19(28-12-5-6-13-28)15-24-22(23-2)25-16-21-27-26-20-7-3-4-14-29(20)21;/h3-4,7-11,14,19H,5-6,12-13,15-16H2,1-2H3,(H2,23,24,25);1H. The average Bonchev–Trinajstić information content (AvgIpc) is 3.42. The molecule has 7 nitrogen and oxygen atoms in total. The molecule has 1 aliphatic heterocycles. The fourth-order valence-electron chi connectivity index (χ4n) is 3.89. The van der Waals surface area contributed by atoms with E-state index in [1.54, 1.807) is 7.05 Å². The average molecular weight is 519 g/mol. The van der Waals surface area contributed by atoms with Crippen LogP contribution < -0.4 is 10.6 Å². The van der Waals surface area contributed by atoms with Crippen LogP contribution in [0.1, 0.15) is 35.8 Å². The van der Waals surface area contributed by atoms with Gasteiger partial charge in [0.1, 0.15) is 0 Å². The molecular weight excluding hydrogens is 489 g/mol. The summed E-state index contributed by atoms with van der Waals surface area (Å²) in [5.41, 5.74) is 3.49. The van der Waals surface area contributed by atoms with Crippen LogP contribution in [0.4, 0.5) is 0 Å². The van der Waals surface area contributed by atoms with Crippen molar-refractivity contribution in [1.29, 1.82) is 0 Å². The predicted molar refractivity (Wildman–Crippen MR) is 131 cm³/mol. The van der Waals surface area contributed by atoms with Gasteiger partial charge in [0.2, 0.25) is 0 Å². The van der Waals surface area contributed by atoms with Crippen molar-refractivity contribution in [2.45, 2.75) is 32.4 Å². The molecule has 1 aromatic carbocycles. The van der Waals surface area contributed by atoms with Gasteiger partial charge in [0.25, 0.3) is 0 Å². The van der Waals surface area contributed by atoms with Gasteiger partial charge in [-0.25, -0.2) is 0 Å². The van der Waals surface area contributed by atoms with Gasteiger partial charge in [-0.15, -0.1) is 34.2 Å². The van der Waals surface area contributed by atoms with Gasteiger partial charge in [-0.2, -0.15) is 0 Å². The van der Waals surface area contributed by atoms with Gasteiger partial charge in [0, 0.05) is 19.8 Å². The van der Waals surface area contributed by atoms with E-state index in [1.807, 2.05) is 28.8 Å². The number of rotatable bonds is 6. The van der Waals surface area contributed by atoms with E-state index in [2.05, 4.69) is 61.9 Å². The second-order valence-corrected chi connectivity index (χ2v) is 7.52. The number of pyridine rings is 1. The van der Waals surface area contributed by atoms with Crippen LogP contribution in [0.25, 0.3) is 5.65 Å². The second-order valence-electron chi connectivity index (χ2n) is 7.52. The quantitative estimate of drug-likeness (QED) is 0.298. The van der Waals surface area contributed by atoms with Crippen LogP contribution in [0.3, 0.4) is 0 Å². The van der Waals surface area contributed by atoms with Crippen molar-refractivity contribution in [2.75, 3.05) is 26.7 Å². The first-order chi connectivity index (χ1) is 14.2. The molecule has 1 aliphatic rings. The number of nitrogens with zero attached hydrogens (tertiary/aromatic N) is 5. The lowest BCUT2D eigenvalue weighted by atomic mass is 10.0. The summed E-state index contributed by atoms with van der Waals surface area (Å²) < 4.78 is 1.99. The number of guanidine groups is 1. The molecule has 30 heavy (non-hydrogen) atoms. The summed E-state index contributed by atoms with van der Waals surface area (Å²) in [6.45, 7) is 5.80. The number of likely N-dealkylation sites (tertiary alicyclic amines) is 1. The SMILES string of the molecule is CN=C(NCc1nnc2ccccn12)NCC(c1ccc(C)cc1)N1CCCC1.I. The maximum absolute atomic E-state index is 4.39. The zero-order valence-electron chi connectivity index (χ0n) is 17.6. The van der Waals surface area contributed by atoms with Crippen molar-refractivity contribution in [3.05, 3.63) is 65.6 Å². The van der Waals surface area contributed by atoms with E-state index in [0.29, 0.717) is 12.6 Å². The van der Waals surface area contributed by atoms with Crippen LogP contribution in [0.2, 0.25) is 0 Å². The minimum absolute atomic E-state index is 0. The maximum Gasteiger partial charge on any atom is 0.191 e. The Labute approximate surface area is 195 Å². The van der Waals surface area contributed by atoms with Crippen LogP contribution in [0, 0.1) is 6.92 Å². The Morgan fingerprint density at radius 1 is 1.07 bits per heavy atom. The van der Waals surface area contributed by atoms with Crippen molar-refractivity contribution in [1.82, 2.24) is 30.1 Å². The molecule has 0 saturated carbocycles. The van der Waals surface area contributed by atoms with Gasteiger partial charge in [-0.3, -0.25) is 14.3 Å². The number of aryl methyl sites for hydroxylation is 1. The summed E-state index contributed by atoms with van der Waals surface area (Å²) in [4.78, 5) is 6.96. The zero-order chi connectivity index (χ0) is 20.1. The summed E-state index contributed by atoms with van der Waals surface area (Å²) >= 11 is 0. The Balaban J connectivity index is 0.00000256. The van der Waals surface area contributed by atoms with Crippen LogP contribution in [0.15, 0.2) is 53.7 Å². The molecule has 0 spiro atoms. The first-order valence-corrected chi connectivity index (χ1v) is 10.3. The third kappa shape index (κ3) is 5.28. The van der Waals surface area contributed by atoms with Crippen LogP contribution in [-0.2, 0) is 6.54 Å². The lowest BCUT2D eigenvalue weighted by Crippen LogP contribution is -2.42. The molecule has 2 aromatic heterocycles. The molecule has 2 N–H and O–H groups in total. The molecule has 1 unspecified atom stereocenters. The van der Waals surface area contributed by atoms with Crippen molar-refractivity contribution >= 4 is 35.6 Å². The van der Waals surface area contributed by atoms with E-state index in [4.69, 9.17) is 0 Å². The number of halogens is 1. The van der Waals surface area contributed by atoms with E-state index in [-0.39, 0.29) is 24.0 Å². The predicted octanol–water partition coefficient (Wildman–Crippen LogP) is 3.16. The minimum atomic E-state index is 0. The normalized spacial score (nSPS) is 15.7. The van der Waals surface area contributed by atoms with Gasteiger partial charge >= 0.3 is 0 Å². The third-order valence-electron chi connectivity index (χ3n) is 5.53. The summed E-state index contributed by atoms with van der Waals surface area (Å²) in [7, 11) is 1.80. The molecule has 0 aliphatic carbocycles. The smallest absolute Gasteiger partial charge is 0.191 e. The number of benzene rings is 1. The summed E-state index contributed by atoms with van der Waals surface area (Å²) in [6.07, 6.45) is 4.52. The fourth-order valence-corrected chi connectivity index (χ4v) is 3.89. The summed E-state index contributed by atoms with van der Waals surface area (Å²) in [5.74, 6) is 1.63. The van der Waals surface area contributed by atoms with Gasteiger partial charge in [-0.1, -0.05) is 35.9 Å². The molecule has 8 heteroatoms. The number of fused-ring (bicyclic) bond motifs is 1. The second kappa shape index (κ2) is 10.7. The highest BCUT2D eigenvalue weighted by Gasteiger charge is 2.23. The molecule has 1 saturated heterocycles. The molecule has 1 fully saturated rings. The molecule has 1 atom stereocenters. The Hall–Kier alpha value is -2.20. The highest BCUT2D eigenvalue weighted by Crippen LogP contribution is 2.24. The van der Waals surface area contributed by atoms with Crippen molar-refractivity contribution in [3.8, 4) is 0 Å². The number of aliphatic imine (C=N–C) groups is 1. The van der Waals surface area contributed by atoms with E-state index in [9.17, 15) is 0 Å². The van der Waals surface area contributed by atoms with Crippen LogP contribution in [-0.4, -0.2) is 52.1 Å². The fraction of sp³-hybridized carbons (Fsp3) is 0.409. The monoisotopic (exact) mass is 519 g/mol. The maximum atomic E-state index is 4.39. The summed E-state index contributed by atoms with van der Waals surface area (Å²) in [5, 5.41) is 15.4. The zero-order valence-corrected chi connectivity index (χ0v) is 19.9. The third-order valence-corrected chi connectivity index (χ3v) is 5.53. The largest absolute Gasteiger partial charge is 0.354 e. The molecule has 3 heterocycles. The van der Waals surface area contributed by atoms with E-state index >= 15 is 0 Å². The van der Waals surface area contributed by atoms with Crippen LogP contribution in [0.5, 0.6) is 0 Å². The van der Waals surface area contributed by atoms with E-state index in [0.717, 1.165) is 37.1 Å². The van der Waals surface area contributed by atoms with Crippen LogP contribution >= 0.6 is 24.0 Å². The van der Waals surface area contributed by atoms with Gasteiger partial charge in [0.15, 0.2) is 17.4 Å². The van der Waals surface area contributed by atoms with Gasteiger partial charge in [-0.05, 0) is 50.6 Å². The Bertz CT molecular complexity index is 961. The lowest BCUT2D eigenvalue weighted by Gasteiger charge is -2.29. The lowest BCUT2D eigenvalue weighted by molar-refractivity contribution is 0.245. The number of hydrogen-bond donors (Lipinski definition) is 2. The topological polar surface area (TPSA) is 69.8 Å². The molecule has 0 bridgehead atoms. The molecule has 4 rings (SSSR count). The molecule has 3 aromatic rings. The van der Waals surface area contributed by atoms with E-state index in [1.165, 1.54) is 24.0 Å². The van der Waals surface area contributed by atoms with Crippen molar-refractivity contribution in [2.24, 2.45) is 4.99 Å². The van der Waals surface area contributed by atoms with Gasteiger partial charge < -0.3 is 10.6 Å². The van der Waals surface area contributed by atoms with Crippen molar-refractivity contribution in [3.63, 3.8) is 0 Å². The highest BCUT2D eigenvalue weighted by atomic mass is 127. The van der Waals surface area contributed by atoms with E-state index < -0.39 is 0 Å². The number of hydrogen-bond acceptors (Lipinski definition) is 4. The molecule has 160 valence electrons. The molecule has 0 radical (unpaired) electrons. The highest BCUT2D eigenvalue weighted by molar-refractivity contribution is 14.0. The first kappa shape index (κ1) is 22.5. The Morgan fingerprint density at radius 2 is 1.83 bits per heavy atom. The van der Waals surface area contributed by atoms with Gasteiger partial charge in [0.05, 0.1) is 12.6 Å². The summed E-state index contributed by atoms with van der Waals surface area (Å²) in [6, 6.07) is 15.1. The molecule has 0 amide bonds.